The smallest absolute Gasteiger partial charge is 0.416 e. The van der Waals surface area contributed by atoms with E-state index in [0.29, 0.717) is 43.4 Å². The van der Waals surface area contributed by atoms with Crippen LogP contribution in [0, 0.1) is 0 Å². The quantitative estimate of drug-likeness (QED) is 0.577. The van der Waals surface area contributed by atoms with Crippen molar-refractivity contribution in [3.63, 3.8) is 0 Å². The van der Waals surface area contributed by atoms with Gasteiger partial charge in [0.05, 0.1) is 37.9 Å². The van der Waals surface area contributed by atoms with Crippen LogP contribution in [-0.2, 0) is 6.18 Å². The van der Waals surface area contributed by atoms with Gasteiger partial charge in [-0.1, -0.05) is 0 Å². The molecule has 1 aromatic heterocycles. The van der Waals surface area contributed by atoms with Crippen LogP contribution in [0.1, 0.15) is 5.56 Å². The van der Waals surface area contributed by atoms with Crippen molar-refractivity contribution >= 4 is 11.5 Å². The highest BCUT2D eigenvalue weighted by Crippen LogP contribution is 2.33. The van der Waals surface area contributed by atoms with E-state index in [0.717, 1.165) is 29.2 Å². The van der Waals surface area contributed by atoms with Crippen molar-refractivity contribution in [3.05, 3.63) is 60.4 Å². The van der Waals surface area contributed by atoms with E-state index in [1.54, 1.807) is 26.6 Å². The maximum Gasteiger partial charge on any atom is 0.416 e. The molecule has 0 atom stereocenters. The molecule has 2 heterocycles. The molecule has 0 unspecified atom stereocenters. The molecular weight excluding hydrogens is 421 g/mol. The highest BCUT2D eigenvalue weighted by atomic mass is 19.4. The first-order valence-corrected chi connectivity index (χ1v) is 10.1. The van der Waals surface area contributed by atoms with E-state index in [-0.39, 0.29) is 0 Å². The predicted octanol–water partition coefficient (Wildman–Crippen LogP) is 4.51. The largest absolute Gasteiger partial charge is 0.493 e. The zero-order valence-corrected chi connectivity index (χ0v) is 17.8. The Balaban J connectivity index is 1.45. The van der Waals surface area contributed by atoms with Crippen LogP contribution in [0.4, 0.5) is 24.7 Å². The molecule has 0 spiro atoms. The van der Waals surface area contributed by atoms with Crippen LogP contribution >= 0.6 is 0 Å². The summed E-state index contributed by atoms with van der Waals surface area (Å²) >= 11 is 0. The number of ether oxygens (including phenoxy) is 2. The number of alkyl halides is 3. The van der Waals surface area contributed by atoms with Gasteiger partial charge in [0.2, 0.25) is 0 Å². The zero-order chi connectivity index (χ0) is 22.7. The zero-order valence-electron chi connectivity index (χ0n) is 17.8. The van der Waals surface area contributed by atoms with E-state index in [2.05, 4.69) is 14.8 Å². The summed E-state index contributed by atoms with van der Waals surface area (Å²) in [5.74, 6) is 2.01. The van der Waals surface area contributed by atoms with Crippen molar-refractivity contribution in [1.29, 1.82) is 0 Å². The van der Waals surface area contributed by atoms with Gasteiger partial charge in [0.25, 0.3) is 0 Å². The highest BCUT2D eigenvalue weighted by Gasteiger charge is 2.30. The maximum absolute atomic E-state index is 12.8. The van der Waals surface area contributed by atoms with E-state index < -0.39 is 11.7 Å². The van der Waals surface area contributed by atoms with Crippen LogP contribution in [-0.4, -0.2) is 50.4 Å². The Bertz CT molecular complexity index is 1070. The number of hydrogen-bond acceptors (Lipinski definition) is 6. The lowest BCUT2D eigenvalue weighted by Crippen LogP contribution is -2.46. The molecule has 0 aliphatic carbocycles. The molecular formula is C23H23F3N4O2. The molecule has 1 aliphatic rings. The number of hydrogen-bond donors (Lipinski definition) is 0. The summed E-state index contributed by atoms with van der Waals surface area (Å²) in [5, 5.41) is 0. The first kappa shape index (κ1) is 21.7. The van der Waals surface area contributed by atoms with Crippen LogP contribution in [0.25, 0.3) is 11.3 Å². The minimum Gasteiger partial charge on any atom is -0.493 e. The fraction of sp³-hybridized carbons (Fsp3) is 0.304. The van der Waals surface area contributed by atoms with Gasteiger partial charge in [-0.05, 0) is 42.5 Å². The first-order chi connectivity index (χ1) is 15.4. The first-order valence-electron chi connectivity index (χ1n) is 10.1. The van der Waals surface area contributed by atoms with Crippen molar-refractivity contribution < 1.29 is 22.6 Å². The Kier molecular flexibility index (Phi) is 6.07. The fourth-order valence-corrected chi connectivity index (χ4v) is 3.70. The lowest BCUT2D eigenvalue weighted by Gasteiger charge is -2.36. The lowest BCUT2D eigenvalue weighted by atomic mass is 10.1. The van der Waals surface area contributed by atoms with Gasteiger partial charge < -0.3 is 19.3 Å². The van der Waals surface area contributed by atoms with E-state index >= 15 is 0 Å². The Morgan fingerprint density at radius 1 is 0.812 bits per heavy atom. The van der Waals surface area contributed by atoms with Crippen molar-refractivity contribution in [2.45, 2.75) is 6.18 Å². The standard InChI is InChI=1S/C23H23F3N4O2/c1-31-20-8-3-16(13-21(20)32-2)19-14-27-15-22(28-19)30-11-9-29(10-12-30)18-6-4-17(5-7-18)23(24,25)26/h3-8,13-15H,9-12H2,1-2H3. The van der Waals surface area contributed by atoms with Crippen LogP contribution in [0.15, 0.2) is 54.9 Å². The van der Waals surface area contributed by atoms with Gasteiger partial charge in [-0.2, -0.15) is 13.2 Å². The Morgan fingerprint density at radius 2 is 1.47 bits per heavy atom. The topological polar surface area (TPSA) is 50.7 Å². The van der Waals surface area contributed by atoms with Crippen molar-refractivity contribution in [2.75, 3.05) is 50.2 Å². The van der Waals surface area contributed by atoms with Gasteiger partial charge in [0.1, 0.15) is 5.82 Å². The van der Waals surface area contributed by atoms with Crippen molar-refractivity contribution in [1.82, 2.24) is 9.97 Å². The molecule has 6 nitrogen and oxygen atoms in total. The monoisotopic (exact) mass is 444 g/mol. The van der Waals surface area contributed by atoms with E-state index in [4.69, 9.17) is 14.5 Å². The highest BCUT2D eigenvalue weighted by molar-refractivity contribution is 5.65. The van der Waals surface area contributed by atoms with Gasteiger partial charge in [0.15, 0.2) is 11.5 Å². The van der Waals surface area contributed by atoms with E-state index in [1.807, 2.05) is 18.2 Å². The molecule has 0 radical (unpaired) electrons. The molecule has 0 saturated carbocycles. The number of rotatable bonds is 5. The lowest BCUT2D eigenvalue weighted by molar-refractivity contribution is -0.137. The maximum atomic E-state index is 12.8. The molecule has 1 saturated heterocycles. The number of anilines is 2. The third-order valence-electron chi connectivity index (χ3n) is 5.46. The number of nitrogens with zero attached hydrogens (tertiary/aromatic N) is 4. The third-order valence-corrected chi connectivity index (χ3v) is 5.46. The Hall–Kier alpha value is -3.49. The minimum absolute atomic E-state index is 0.613. The van der Waals surface area contributed by atoms with Crippen LogP contribution < -0.4 is 19.3 Å². The summed E-state index contributed by atoms with van der Waals surface area (Å²) in [4.78, 5) is 13.3. The molecule has 2 aromatic carbocycles. The molecule has 168 valence electrons. The minimum atomic E-state index is -4.32. The van der Waals surface area contributed by atoms with E-state index in [9.17, 15) is 13.2 Å². The second-order valence-corrected chi connectivity index (χ2v) is 7.35. The van der Waals surface area contributed by atoms with Gasteiger partial charge in [-0.3, -0.25) is 4.98 Å². The van der Waals surface area contributed by atoms with E-state index in [1.165, 1.54) is 12.1 Å². The number of methoxy groups -OCH3 is 2. The van der Waals surface area contributed by atoms with Gasteiger partial charge in [-0.25, -0.2) is 4.98 Å². The summed E-state index contributed by atoms with van der Waals surface area (Å²) in [7, 11) is 3.17. The summed E-state index contributed by atoms with van der Waals surface area (Å²) in [6, 6.07) is 10.9. The average Bonchev–Trinajstić information content (AvgIpc) is 2.83. The second-order valence-electron chi connectivity index (χ2n) is 7.35. The molecule has 9 heteroatoms. The average molecular weight is 444 g/mol. The fourth-order valence-electron chi connectivity index (χ4n) is 3.70. The summed E-state index contributed by atoms with van der Waals surface area (Å²) in [5.41, 5.74) is 1.72. The molecule has 32 heavy (non-hydrogen) atoms. The summed E-state index contributed by atoms with van der Waals surface area (Å²) < 4.78 is 49.0. The predicted molar refractivity (Wildman–Crippen MR) is 116 cm³/mol. The molecule has 0 amide bonds. The number of aromatic nitrogens is 2. The molecule has 4 rings (SSSR count). The van der Waals surface area contributed by atoms with Crippen molar-refractivity contribution in [3.8, 4) is 22.8 Å². The molecule has 3 aromatic rings. The molecule has 0 bridgehead atoms. The van der Waals surface area contributed by atoms with Gasteiger partial charge in [0, 0.05) is 37.4 Å². The molecule has 0 N–H and O–H groups in total. The van der Waals surface area contributed by atoms with Crippen LogP contribution in [0.5, 0.6) is 11.5 Å². The normalized spacial score (nSPS) is 14.4. The number of benzene rings is 2. The van der Waals surface area contributed by atoms with Gasteiger partial charge in [-0.15, -0.1) is 0 Å². The van der Waals surface area contributed by atoms with Gasteiger partial charge >= 0.3 is 6.18 Å². The van der Waals surface area contributed by atoms with Crippen LogP contribution in [0.3, 0.4) is 0 Å². The Morgan fingerprint density at radius 3 is 2.09 bits per heavy atom. The Labute approximate surface area is 184 Å². The third kappa shape index (κ3) is 4.56. The SMILES string of the molecule is COc1ccc(-c2cncc(N3CCN(c4ccc(C(F)(F)F)cc4)CC3)n2)cc1OC. The molecule has 1 fully saturated rings. The second kappa shape index (κ2) is 8.94. The number of piperazine rings is 1. The summed E-state index contributed by atoms with van der Waals surface area (Å²) in [6.45, 7) is 2.72. The molecule has 1 aliphatic heterocycles. The number of halogens is 3. The van der Waals surface area contributed by atoms with Crippen LogP contribution in [0.2, 0.25) is 0 Å². The van der Waals surface area contributed by atoms with Crippen molar-refractivity contribution in [2.24, 2.45) is 0 Å². The summed E-state index contributed by atoms with van der Waals surface area (Å²) in [6.07, 6.45) is -0.907.